The zero-order chi connectivity index (χ0) is 27.2. The van der Waals surface area contributed by atoms with Crippen LogP contribution in [0.15, 0.2) is 88.3 Å². The maximum atomic E-state index is 12.9. The van der Waals surface area contributed by atoms with E-state index in [2.05, 4.69) is 102 Å². The van der Waals surface area contributed by atoms with Crippen LogP contribution in [0, 0.1) is 5.92 Å². The van der Waals surface area contributed by atoms with Crippen molar-refractivity contribution in [3.05, 3.63) is 95.9 Å². The highest BCUT2D eigenvalue weighted by Gasteiger charge is 2.26. The number of rotatable bonds is 8. The summed E-state index contributed by atoms with van der Waals surface area (Å²) in [4.78, 5) is 21.1. The molecule has 0 atom stereocenters. The molecule has 7 heteroatoms. The molecule has 0 spiro atoms. The number of anilines is 1. The molecule has 0 aliphatic carbocycles. The normalized spacial score (nSPS) is 14.8. The molecule has 39 heavy (non-hydrogen) atoms. The highest BCUT2D eigenvalue weighted by molar-refractivity contribution is 7.98. The summed E-state index contributed by atoms with van der Waals surface area (Å²) < 4.78 is 5.54. The van der Waals surface area contributed by atoms with Crippen molar-refractivity contribution < 1.29 is 9.32 Å². The predicted molar refractivity (Wildman–Crippen MR) is 158 cm³/mol. The molecule has 1 N–H and O–H groups in total. The Balaban J connectivity index is 1.07. The van der Waals surface area contributed by atoms with Crippen LogP contribution in [0.2, 0.25) is 0 Å². The summed E-state index contributed by atoms with van der Waals surface area (Å²) in [5.41, 5.74) is 4.43. The Morgan fingerprint density at radius 3 is 2.33 bits per heavy atom. The molecule has 1 saturated heterocycles. The zero-order valence-electron chi connectivity index (χ0n) is 22.9. The van der Waals surface area contributed by atoms with Crippen molar-refractivity contribution in [3.8, 4) is 11.4 Å². The van der Waals surface area contributed by atoms with Crippen LogP contribution in [0.3, 0.4) is 0 Å². The lowest BCUT2D eigenvalue weighted by Crippen LogP contribution is -2.37. The summed E-state index contributed by atoms with van der Waals surface area (Å²) in [7, 11) is 0. The number of carbonyl (C=O) groups excluding carboxylic acids is 1. The molecule has 1 aromatic heterocycles. The molecule has 3 aromatic carbocycles. The van der Waals surface area contributed by atoms with Crippen molar-refractivity contribution in [1.82, 2.24) is 15.0 Å². The van der Waals surface area contributed by atoms with Crippen LogP contribution in [-0.2, 0) is 22.5 Å². The quantitative estimate of drug-likeness (QED) is 0.239. The summed E-state index contributed by atoms with van der Waals surface area (Å²) in [6.45, 7) is 8.85. The van der Waals surface area contributed by atoms with Crippen LogP contribution in [0.25, 0.3) is 11.4 Å². The highest BCUT2D eigenvalue weighted by atomic mass is 32.2. The molecule has 0 unspecified atom stereocenters. The molecule has 1 amide bonds. The van der Waals surface area contributed by atoms with Gasteiger partial charge in [-0.25, -0.2) is 0 Å². The summed E-state index contributed by atoms with van der Waals surface area (Å²) in [6.07, 6.45) is 1.62. The molecule has 0 bridgehead atoms. The smallest absolute Gasteiger partial charge is 0.241 e. The Morgan fingerprint density at radius 1 is 0.974 bits per heavy atom. The highest BCUT2D eigenvalue weighted by Crippen LogP contribution is 2.27. The monoisotopic (exact) mass is 540 g/mol. The second-order valence-corrected chi connectivity index (χ2v) is 12.2. The number of hydrogen-bond donors (Lipinski definition) is 1. The van der Waals surface area contributed by atoms with E-state index in [0.29, 0.717) is 18.3 Å². The number of aromatic nitrogens is 2. The van der Waals surface area contributed by atoms with Crippen molar-refractivity contribution in [2.75, 3.05) is 18.4 Å². The van der Waals surface area contributed by atoms with Gasteiger partial charge in [0.25, 0.3) is 0 Å². The van der Waals surface area contributed by atoms with Gasteiger partial charge in [0, 0.05) is 27.8 Å². The topological polar surface area (TPSA) is 71.3 Å². The Bertz CT molecular complexity index is 1350. The van der Waals surface area contributed by atoms with Crippen LogP contribution in [0.5, 0.6) is 0 Å². The number of nitrogens with one attached hydrogen (secondary N) is 1. The maximum Gasteiger partial charge on any atom is 0.241 e. The number of hydrogen-bond acceptors (Lipinski definition) is 6. The van der Waals surface area contributed by atoms with Gasteiger partial charge < -0.3 is 9.84 Å². The van der Waals surface area contributed by atoms with Gasteiger partial charge in [0.15, 0.2) is 0 Å². The largest absolute Gasteiger partial charge is 0.338 e. The van der Waals surface area contributed by atoms with Crippen LogP contribution in [-0.4, -0.2) is 34.0 Å². The van der Waals surface area contributed by atoms with Crippen molar-refractivity contribution in [2.45, 2.75) is 56.2 Å². The minimum atomic E-state index is 0.00846. The van der Waals surface area contributed by atoms with E-state index in [1.165, 1.54) is 16.0 Å². The van der Waals surface area contributed by atoms with Gasteiger partial charge in [-0.3, -0.25) is 9.69 Å². The summed E-state index contributed by atoms with van der Waals surface area (Å²) >= 11 is 1.81. The Morgan fingerprint density at radius 2 is 1.67 bits per heavy atom. The fraction of sp³-hybridized carbons (Fsp3) is 0.344. The predicted octanol–water partition coefficient (Wildman–Crippen LogP) is 7.18. The minimum absolute atomic E-state index is 0.00846. The molecular formula is C32H36N4O2S. The lowest BCUT2D eigenvalue weighted by atomic mass is 9.87. The Hall–Kier alpha value is -3.42. The van der Waals surface area contributed by atoms with Crippen molar-refractivity contribution >= 4 is 23.4 Å². The average Bonchev–Trinajstić information content (AvgIpc) is 3.42. The third kappa shape index (κ3) is 7.37. The van der Waals surface area contributed by atoms with E-state index >= 15 is 0 Å². The number of nitrogens with zero attached hydrogens (tertiary/aromatic N) is 3. The van der Waals surface area contributed by atoms with Gasteiger partial charge >= 0.3 is 0 Å². The van der Waals surface area contributed by atoms with E-state index in [1.807, 2.05) is 30.0 Å². The first-order chi connectivity index (χ1) is 18.8. The van der Waals surface area contributed by atoms with E-state index in [-0.39, 0.29) is 17.2 Å². The molecule has 1 fully saturated rings. The fourth-order valence-corrected chi connectivity index (χ4v) is 5.59. The summed E-state index contributed by atoms with van der Waals surface area (Å²) in [6, 6.07) is 26.9. The third-order valence-corrected chi connectivity index (χ3v) is 8.25. The number of carbonyl (C=O) groups is 1. The number of thioether (sulfide) groups is 1. The van der Waals surface area contributed by atoms with Gasteiger partial charge in [-0.1, -0.05) is 80.5 Å². The molecule has 4 aromatic rings. The van der Waals surface area contributed by atoms with Crippen LogP contribution in [0.4, 0.5) is 5.69 Å². The van der Waals surface area contributed by atoms with E-state index in [1.54, 1.807) is 0 Å². The van der Waals surface area contributed by atoms with E-state index in [0.717, 1.165) is 42.9 Å². The van der Waals surface area contributed by atoms with Gasteiger partial charge in [-0.05, 0) is 66.7 Å². The molecule has 0 saturated carbocycles. The van der Waals surface area contributed by atoms with Gasteiger partial charge in [-0.15, -0.1) is 11.8 Å². The Kier molecular flexibility index (Phi) is 8.48. The molecule has 1 aliphatic heterocycles. The van der Waals surface area contributed by atoms with Crippen LogP contribution >= 0.6 is 11.8 Å². The SMILES string of the molecule is CC(C)(C)c1ccc(-c2noc(CN3CCC(C(=O)Nc4ccc(CSc5ccccc5)cc4)CC3)n2)cc1. The second kappa shape index (κ2) is 12.2. The Labute approximate surface area is 235 Å². The molecule has 202 valence electrons. The first kappa shape index (κ1) is 27.2. The number of amides is 1. The van der Waals surface area contributed by atoms with Crippen LogP contribution in [0.1, 0.15) is 50.6 Å². The maximum absolute atomic E-state index is 12.9. The van der Waals surface area contributed by atoms with Gasteiger partial charge in [0.05, 0.1) is 6.54 Å². The van der Waals surface area contributed by atoms with Crippen molar-refractivity contribution in [3.63, 3.8) is 0 Å². The van der Waals surface area contributed by atoms with Gasteiger partial charge in [-0.2, -0.15) is 4.98 Å². The third-order valence-electron chi connectivity index (χ3n) is 7.16. The van der Waals surface area contributed by atoms with E-state index in [4.69, 9.17) is 4.52 Å². The number of likely N-dealkylation sites (tertiary alicyclic amines) is 1. The molecule has 2 heterocycles. The molecular weight excluding hydrogens is 504 g/mol. The summed E-state index contributed by atoms with van der Waals surface area (Å²) in [5.74, 6) is 2.23. The molecule has 5 rings (SSSR count). The summed E-state index contributed by atoms with van der Waals surface area (Å²) in [5, 5.41) is 7.30. The van der Waals surface area contributed by atoms with Crippen LogP contribution < -0.4 is 5.32 Å². The minimum Gasteiger partial charge on any atom is -0.338 e. The van der Waals surface area contributed by atoms with E-state index < -0.39 is 0 Å². The average molecular weight is 541 g/mol. The second-order valence-electron chi connectivity index (χ2n) is 11.2. The first-order valence-corrected chi connectivity index (χ1v) is 14.6. The molecule has 0 radical (unpaired) electrons. The fourth-order valence-electron chi connectivity index (χ4n) is 4.71. The molecule has 6 nitrogen and oxygen atoms in total. The van der Waals surface area contributed by atoms with Gasteiger partial charge in [0.2, 0.25) is 17.6 Å². The number of piperidine rings is 1. The van der Waals surface area contributed by atoms with Crippen molar-refractivity contribution in [2.24, 2.45) is 5.92 Å². The van der Waals surface area contributed by atoms with E-state index in [9.17, 15) is 4.79 Å². The van der Waals surface area contributed by atoms with Gasteiger partial charge in [0.1, 0.15) is 0 Å². The lowest BCUT2D eigenvalue weighted by molar-refractivity contribution is -0.121. The zero-order valence-corrected chi connectivity index (χ0v) is 23.7. The lowest BCUT2D eigenvalue weighted by Gasteiger charge is -2.30. The number of benzene rings is 3. The van der Waals surface area contributed by atoms with Crippen molar-refractivity contribution in [1.29, 1.82) is 0 Å². The first-order valence-electron chi connectivity index (χ1n) is 13.6. The molecule has 1 aliphatic rings. The standard InChI is InChI=1S/C32H36N4O2S/c1-32(2,3)26-13-11-24(12-14-26)30-34-29(38-35-30)21-36-19-17-25(18-20-36)31(37)33-27-15-9-23(10-16-27)22-39-28-7-5-4-6-8-28/h4-16,25H,17-22H2,1-3H3,(H,33,37).